The lowest BCUT2D eigenvalue weighted by Gasteiger charge is -2.35. The molecule has 2 aromatic carbocycles. The summed E-state index contributed by atoms with van der Waals surface area (Å²) in [5.74, 6) is -1.60. The van der Waals surface area contributed by atoms with Gasteiger partial charge in [-0.15, -0.1) is 0 Å². The largest absolute Gasteiger partial charge is 0.460 e. The van der Waals surface area contributed by atoms with Crippen LogP contribution in [0.5, 0.6) is 5.75 Å². The Labute approximate surface area is 256 Å². The van der Waals surface area contributed by atoms with Crippen molar-refractivity contribution in [3.8, 4) is 17.0 Å². The molecule has 2 aliphatic rings. The summed E-state index contributed by atoms with van der Waals surface area (Å²) in [7, 11) is 1.56. The topological polar surface area (TPSA) is 109 Å². The fourth-order valence-electron chi connectivity index (χ4n) is 5.32. The minimum atomic E-state index is -1.21. The average Bonchev–Trinajstić information content (AvgIpc) is 3.65. The lowest BCUT2D eigenvalue weighted by Crippen LogP contribution is -2.51. The number of carbonyl (C=O) groups is 3. The Balaban J connectivity index is 1.21. The molecule has 3 amide bonds. The van der Waals surface area contributed by atoms with E-state index in [2.05, 4.69) is 20.4 Å². The summed E-state index contributed by atoms with van der Waals surface area (Å²) in [6.07, 6.45) is 2.89. The number of ether oxygens (including phenoxy) is 1. The molecule has 0 saturated carbocycles. The molecule has 3 heterocycles. The number of alkyl halides is 1. The van der Waals surface area contributed by atoms with Crippen LogP contribution in [0, 0.1) is 11.7 Å². The van der Waals surface area contributed by atoms with E-state index in [0.717, 1.165) is 19.5 Å². The van der Waals surface area contributed by atoms with Crippen LogP contribution in [0.2, 0.25) is 10.0 Å². The monoisotopic (exact) mass is 634 g/mol. The van der Waals surface area contributed by atoms with Crippen molar-refractivity contribution in [1.82, 2.24) is 24.7 Å². The maximum Gasteiger partial charge on any atom is 0.291 e. The number of aromatic nitrogens is 2. The van der Waals surface area contributed by atoms with Crippen molar-refractivity contribution < 1.29 is 27.9 Å². The van der Waals surface area contributed by atoms with E-state index in [-0.39, 0.29) is 44.6 Å². The van der Waals surface area contributed by atoms with Crippen LogP contribution in [-0.4, -0.2) is 83.2 Å². The molecule has 5 rings (SSSR count). The molecule has 0 spiro atoms. The van der Waals surface area contributed by atoms with Gasteiger partial charge in [-0.1, -0.05) is 23.2 Å². The van der Waals surface area contributed by atoms with Crippen LogP contribution in [0.25, 0.3) is 11.3 Å². The average molecular weight is 635 g/mol. The highest BCUT2D eigenvalue weighted by Gasteiger charge is 2.28. The third-order valence-corrected chi connectivity index (χ3v) is 8.41. The predicted molar refractivity (Wildman–Crippen MR) is 158 cm³/mol. The summed E-state index contributed by atoms with van der Waals surface area (Å²) in [6.45, 7) is 2.35. The van der Waals surface area contributed by atoms with Crippen LogP contribution in [0.3, 0.4) is 0 Å². The Kier molecular flexibility index (Phi) is 9.48. The van der Waals surface area contributed by atoms with Crippen LogP contribution in [0.1, 0.15) is 33.8 Å². The van der Waals surface area contributed by atoms with E-state index in [1.807, 2.05) is 4.90 Å². The Hall–Kier alpha value is -3.74. The van der Waals surface area contributed by atoms with Gasteiger partial charge in [0.1, 0.15) is 0 Å². The van der Waals surface area contributed by atoms with Crippen molar-refractivity contribution in [2.24, 2.45) is 13.0 Å². The van der Waals surface area contributed by atoms with Gasteiger partial charge in [0, 0.05) is 50.9 Å². The highest BCUT2D eigenvalue weighted by Crippen LogP contribution is 2.35. The zero-order chi connectivity index (χ0) is 30.7. The molecule has 1 aromatic heterocycles. The Morgan fingerprint density at radius 3 is 2.53 bits per heavy atom. The van der Waals surface area contributed by atoms with Gasteiger partial charge in [-0.3, -0.25) is 14.4 Å². The van der Waals surface area contributed by atoms with Crippen molar-refractivity contribution in [3.05, 3.63) is 63.8 Å². The Morgan fingerprint density at radius 1 is 1.12 bits per heavy atom. The first-order valence-corrected chi connectivity index (χ1v) is 14.5. The fraction of sp³-hybridized carbons (Fsp3) is 0.379. The first-order chi connectivity index (χ1) is 20.7. The lowest BCUT2D eigenvalue weighted by molar-refractivity contribution is -0.133. The molecule has 2 saturated heterocycles. The maximum atomic E-state index is 14.5. The third-order valence-electron chi connectivity index (χ3n) is 7.73. The predicted octanol–water partition coefficient (Wildman–Crippen LogP) is 4.38. The van der Waals surface area contributed by atoms with Gasteiger partial charge in [-0.2, -0.15) is 0 Å². The molecule has 0 radical (unpaired) electrons. The van der Waals surface area contributed by atoms with E-state index >= 15 is 0 Å². The van der Waals surface area contributed by atoms with Crippen LogP contribution >= 0.6 is 23.2 Å². The number of hydrogen-bond donors (Lipinski definition) is 2. The molecule has 10 nitrogen and oxygen atoms in total. The molecule has 228 valence electrons. The molecule has 0 aliphatic carbocycles. The van der Waals surface area contributed by atoms with Crippen molar-refractivity contribution in [2.75, 3.05) is 51.4 Å². The standard InChI is InChI=1S/C29H30Cl2F2N6O4/c1-37-22(20-4-5-23(43-16-32)26(33)25(20)31)15-35-27(37)28(41)36-18-2-3-19(21(30)13-18)29(42)39-10-8-38(9-11-39)24(40)12-17-6-7-34-14-17/h2-5,13,15,17,34H,6-12,14,16H2,1H3,(H,36,41)/t17-/m0/s1. The summed E-state index contributed by atoms with van der Waals surface area (Å²) in [5.41, 5.74) is 1.20. The third kappa shape index (κ3) is 6.61. The van der Waals surface area contributed by atoms with Gasteiger partial charge >= 0.3 is 0 Å². The van der Waals surface area contributed by atoms with E-state index in [4.69, 9.17) is 23.2 Å². The summed E-state index contributed by atoms with van der Waals surface area (Å²) in [5, 5.41) is 5.83. The Bertz CT molecular complexity index is 1540. The number of rotatable bonds is 8. The van der Waals surface area contributed by atoms with Gasteiger partial charge in [0.15, 0.2) is 17.4 Å². The normalized spacial score (nSPS) is 16.8. The van der Waals surface area contributed by atoms with Gasteiger partial charge < -0.3 is 29.7 Å². The zero-order valence-electron chi connectivity index (χ0n) is 23.3. The number of hydrogen-bond acceptors (Lipinski definition) is 6. The summed E-state index contributed by atoms with van der Waals surface area (Å²) in [6, 6.07) is 7.26. The van der Waals surface area contributed by atoms with Crippen molar-refractivity contribution in [2.45, 2.75) is 12.8 Å². The highest BCUT2D eigenvalue weighted by atomic mass is 35.5. The number of nitrogens with zero attached hydrogens (tertiary/aromatic N) is 4. The van der Waals surface area contributed by atoms with E-state index < -0.39 is 18.6 Å². The quantitative estimate of drug-likeness (QED) is 0.381. The molecule has 1 atom stereocenters. The Morgan fingerprint density at radius 2 is 1.86 bits per heavy atom. The number of amides is 3. The van der Waals surface area contributed by atoms with Gasteiger partial charge in [0.25, 0.3) is 11.8 Å². The molecule has 0 bridgehead atoms. The number of benzene rings is 2. The van der Waals surface area contributed by atoms with Gasteiger partial charge in [0.05, 0.1) is 27.5 Å². The molecule has 14 heteroatoms. The lowest BCUT2D eigenvalue weighted by atomic mass is 10.0. The first kappa shape index (κ1) is 30.7. The van der Waals surface area contributed by atoms with Crippen LogP contribution in [0.15, 0.2) is 36.5 Å². The SMILES string of the molecule is Cn1c(-c2ccc(OCF)c(F)c2Cl)cnc1C(=O)Nc1ccc(C(=O)N2CCN(C(=O)C[C@@H]3CCNC3)CC2)c(Cl)c1. The molecule has 0 unspecified atom stereocenters. The molecular weight excluding hydrogens is 605 g/mol. The van der Waals surface area contributed by atoms with Gasteiger partial charge in [-0.25, -0.2) is 13.8 Å². The van der Waals surface area contributed by atoms with Crippen molar-refractivity contribution in [1.29, 1.82) is 0 Å². The van der Waals surface area contributed by atoms with Crippen LogP contribution in [-0.2, 0) is 11.8 Å². The summed E-state index contributed by atoms with van der Waals surface area (Å²) >= 11 is 12.6. The van der Waals surface area contributed by atoms with Gasteiger partial charge in [-0.05, 0) is 55.8 Å². The molecule has 2 aliphatic heterocycles. The maximum absolute atomic E-state index is 14.5. The summed E-state index contributed by atoms with van der Waals surface area (Å²) in [4.78, 5) is 46.5. The number of nitrogens with one attached hydrogen (secondary N) is 2. The van der Waals surface area contributed by atoms with Crippen LogP contribution < -0.4 is 15.4 Å². The van der Waals surface area contributed by atoms with Crippen molar-refractivity contribution >= 4 is 46.6 Å². The number of piperazine rings is 1. The summed E-state index contributed by atoms with van der Waals surface area (Å²) < 4.78 is 33.0. The van der Waals surface area contributed by atoms with Crippen LogP contribution in [0.4, 0.5) is 14.5 Å². The number of anilines is 1. The molecule has 2 fully saturated rings. The number of halogens is 4. The molecule has 2 N–H and O–H groups in total. The second-order valence-corrected chi connectivity index (χ2v) is 11.2. The number of carbonyl (C=O) groups excluding carboxylic acids is 3. The number of imidazole rings is 1. The molecule has 43 heavy (non-hydrogen) atoms. The minimum Gasteiger partial charge on any atom is -0.460 e. The van der Waals surface area contributed by atoms with E-state index in [0.29, 0.717) is 49.9 Å². The van der Waals surface area contributed by atoms with E-state index in [1.54, 1.807) is 24.1 Å². The second-order valence-electron chi connectivity index (χ2n) is 10.4. The van der Waals surface area contributed by atoms with Crippen molar-refractivity contribution in [3.63, 3.8) is 0 Å². The fourth-order valence-corrected chi connectivity index (χ4v) is 5.83. The zero-order valence-corrected chi connectivity index (χ0v) is 24.9. The van der Waals surface area contributed by atoms with E-state index in [1.165, 1.54) is 29.0 Å². The minimum absolute atomic E-state index is 0.00319. The first-order valence-electron chi connectivity index (χ1n) is 13.8. The smallest absolute Gasteiger partial charge is 0.291 e. The molecular formula is C29H30Cl2F2N6O4. The van der Waals surface area contributed by atoms with Gasteiger partial charge in [0.2, 0.25) is 12.8 Å². The van der Waals surface area contributed by atoms with E-state index in [9.17, 15) is 23.2 Å². The highest BCUT2D eigenvalue weighted by molar-refractivity contribution is 6.34. The molecule has 3 aromatic rings. The second kappa shape index (κ2) is 13.3.